The standard InChI is InChI=1S/C20H30N6/c1-16(2)5-3-11-24-13-8-17(9-14-24)20-23-22-19(26(20)18-6-7-18)15-25-12-4-10-21-25/h4-5,10,12,17-18H,3,6-9,11,13-15H2,1-2H3. The first-order valence-electron chi connectivity index (χ1n) is 9.97. The maximum Gasteiger partial charge on any atom is 0.155 e. The monoisotopic (exact) mass is 354 g/mol. The first-order chi connectivity index (χ1) is 12.7. The van der Waals surface area contributed by atoms with E-state index in [2.05, 4.69) is 44.7 Å². The molecule has 2 fully saturated rings. The topological polar surface area (TPSA) is 51.8 Å². The number of piperidine rings is 1. The zero-order valence-corrected chi connectivity index (χ0v) is 16.0. The maximum atomic E-state index is 4.64. The van der Waals surface area contributed by atoms with E-state index in [1.165, 1.54) is 63.1 Å². The van der Waals surface area contributed by atoms with Crippen molar-refractivity contribution in [2.75, 3.05) is 19.6 Å². The van der Waals surface area contributed by atoms with Gasteiger partial charge in [0.15, 0.2) is 5.82 Å². The van der Waals surface area contributed by atoms with Gasteiger partial charge in [0.2, 0.25) is 0 Å². The van der Waals surface area contributed by atoms with E-state index in [9.17, 15) is 0 Å². The van der Waals surface area contributed by atoms with Gasteiger partial charge in [0.25, 0.3) is 0 Å². The van der Waals surface area contributed by atoms with Crippen LogP contribution in [0.3, 0.4) is 0 Å². The van der Waals surface area contributed by atoms with E-state index >= 15 is 0 Å². The molecule has 1 aliphatic carbocycles. The minimum atomic E-state index is 0.550. The number of hydrogen-bond acceptors (Lipinski definition) is 4. The van der Waals surface area contributed by atoms with Gasteiger partial charge in [-0.25, -0.2) is 0 Å². The van der Waals surface area contributed by atoms with Gasteiger partial charge >= 0.3 is 0 Å². The summed E-state index contributed by atoms with van der Waals surface area (Å²) in [6, 6.07) is 2.57. The second-order valence-electron chi connectivity index (χ2n) is 7.97. The van der Waals surface area contributed by atoms with Crippen molar-refractivity contribution in [3.8, 4) is 0 Å². The van der Waals surface area contributed by atoms with E-state index in [1.54, 1.807) is 0 Å². The van der Waals surface area contributed by atoms with Crippen LogP contribution in [0.25, 0.3) is 0 Å². The lowest BCUT2D eigenvalue weighted by Crippen LogP contribution is -2.34. The van der Waals surface area contributed by atoms with Gasteiger partial charge in [-0.15, -0.1) is 10.2 Å². The summed E-state index contributed by atoms with van der Waals surface area (Å²) in [7, 11) is 0. The molecule has 2 aromatic heterocycles. The van der Waals surface area contributed by atoms with Crippen molar-refractivity contribution < 1.29 is 0 Å². The van der Waals surface area contributed by atoms with Gasteiger partial charge in [-0.05, 0) is 65.1 Å². The predicted octanol–water partition coefficient (Wildman–Crippen LogP) is 3.39. The van der Waals surface area contributed by atoms with E-state index in [-0.39, 0.29) is 0 Å². The number of allylic oxidation sites excluding steroid dienone is 1. The van der Waals surface area contributed by atoms with Crippen molar-refractivity contribution in [2.45, 2.75) is 64.5 Å². The summed E-state index contributed by atoms with van der Waals surface area (Å²) in [5, 5.41) is 13.5. The minimum absolute atomic E-state index is 0.550. The minimum Gasteiger partial charge on any atom is -0.310 e. The third kappa shape index (κ3) is 4.06. The molecule has 0 radical (unpaired) electrons. The molecule has 0 bridgehead atoms. The van der Waals surface area contributed by atoms with Crippen LogP contribution in [0.5, 0.6) is 0 Å². The average molecular weight is 355 g/mol. The Kier molecular flexibility index (Phi) is 5.20. The van der Waals surface area contributed by atoms with Crippen LogP contribution in [0.2, 0.25) is 0 Å². The van der Waals surface area contributed by atoms with Crippen molar-refractivity contribution in [1.82, 2.24) is 29.4 Å². The smallest absolute Gasteiger partial charge is 0.155 e. The van der Waals surface area contributed by atoms with Crippen LogP contribution in [-0.2, 0) is 6.54 Å². The average Bonchev–Trinajstić information content (AvgIpc) is 3.17. The summed E-state index contributed by atoms with van der Waals surface area (Å²) in [4.78, 5) is 2.60. The molecule has 0 unspecified atom stereocenters. The fourth-order valence-corrected chi connectivity index (χ4v) is 3.94. The molecule has 0 spiro atoms. The zero-order valence-electron chi connectivity index (χ0n) is 16.0. The molecule has 140 valence electrons. The molecule has 2 aliphatic rings. The molecule has 0 aromatic carbocycles. The van der Waals surface area contributed by atoms with E-state index in [0.717, 1.165) is 12.4 Å². The van der Waals surface area contributed by atoms with Gasteiger partial charge < -0.3 is 9.47 Å². The lowest BCUT2D eigenvalue weighted by atomic mass is 9.95. The highest BCUT2D eigenvalue weighted by atomic mass is 15.3. The van der Waals surface area contributed by atoms with Crippen LogP contribution in [0.1, 0.15) is 69.6 Å². The van der Waals surface area contributed by atoms with Crippen molar-refractivity contribution in [3.05, 3.63) is 41.8 Å². The van der Waals surface area contributed by atoms with Gasteiger partial charge in [-0.2, -0.15) is 5.10 Å². The molecule has 1 saturated carbocycles. The summed E-state index contributed by atoms with van der Waals surface area (Å²) in [5.41, 5.74) is 1.42. The lowest BCUT2D eigenvalue weighted by molar-refractivity contribution is 0.210. The Hall–Kier alpha value is -1.95. The van der Waals surface area contributed by atoms with Crippen molar-refractivity contribution >= 4 is 0 Å². The number of hydrogen-bond donors (Lipinski definition) is 0. The first kappa shape index (κ1) is 17.5. The molecule has 2 aromatic rings. The van der Waals surface area contributed by atoms with Crippen LogP contribution >= 0.6 is 0 Å². The molecule has 4 rings (SSSR count). The third-order valence-corrected chi connectivity index (χ3v) is 5.52. The SMILES string of the molecule is CC(C)=CCCN1CCC(c2nnc(Cn3cccn3)n2C2CC2)CC1. The molecule has 0 amide bonds. The molecule has 6 nitrogen and oxygen atoms in total. The van der Waals surface area contributed by atoms with Crippen molar-refractivity contribution in [1.29, 1.82) is 0 Å². The molecule has 0 atom stereocenters. The van der Waals surface area contributed by atoms with Crippen LogP contribution in [0, 0.1) is 0 Å². The number of rotatable bonds is 7. The summed E-state index contributed by atoms with van der Waals surface area (Å²) in [6.07, 6.45) is 12.2. The summed E-state index contributed by atoms with van der Waals surface area (Å²) in [6.45, 7) is 8.60. The zero-order chi connectivity index (χ0) is 17.9. The summed E-state index contributed by atoms with van der Waals surface area (Å²) >= 11 is 0. The van der Waals surface area contributed by atoms with Crippen LogP contribution < -0.4 is 0 Å². The van der Waals surface area contributed by atoms with Crippen LogP contribution in [-0.4, -0.2) is 49.1 Å². The van der Waals surface area contributed by atoms with Gasteiger partial charge in [0.05, 0.1) is 0 Å². The second-order valence-corrected chi connectivity index (χ2v) is 7.97. The maximum absolute atomic E-state index is 4.64. The van der Waals surface area contributed by atoms with E-state index in [0.29, 0.717) is 12.0 Å². The predicted molar refractivity (Wildman–Crippen MR) is 102 cm³/mol. The van der Waals surface area contributed by atoms with Crippen LogP contribution in [0.4, 0.5) is 0 Å². The Labute approximate surface area is 155 Å². The number of aromatic nitrogens is 5. The van der Waals surface area contributed by atoms with Gasteiger partial charge in [-0.1, -0.05) is 11.6 Å². The number of nitrogens with zero attached hydrogens (tertiary/aromatic N) is 6. The summed E-state index contributed by atoms with van der Waals surface area (Å²) in [5.74, 6) is 2.84. The molecule has 26 heavy (non-hydrogen) atoms. The molecule has 6 heteroatoms. The Morgan fingerprint density at radius 2 is 1.96 bits per heavy atom. The fourth-order valence-electron chi connectivity index (χ4n) is 3.94. The Bertz CT molecular complexity index is 728. The second kappa shape index (κ2) is 7.74. The van der Waals surface area contributed by atoms with Crippen molar-refractivity contribution in [2.24, 2.45) is 0 Å². The van der Waals surface area contributed by atoms with Crippen LogP contribution in [0.15, 0.2) is 30.1 Å². The van der Waals surface area contributed by atoms with Gasteiger partial charge in [-0.3, -0.25) is 4.68 Å². The normalized spacial score (nSPS) is 19.0. The molecular formula is C20H30N6. The third-order valence-electron chi connectivity index (χ3n) is 5.52. The Balaban J connectivity index is 1.40. The molecular weight excluding hydrogens is 324 g/mol. The fraction of sp³-hybridized carbons (Fsp3) is 0.650. The largest absolute Gasteiger partial charge is 0.310 e. The highest BCUT2D eigenvalue weighted by molar-refractivity contribution is 5.09. The lowest BCUT2D eigenvalue weighted by Gasteiger charge is -2.31. The van der Waals surface area contributed by atoms with E-state index in [1.807, 2.05) is 23.1 Å². The Morgan fingerprint density at radius 1 is 1.15 bits per heavy atom. The van der Waals surface area contributed by atoms with E-state index in [4.69, 9.17) is 0 Å². The molecule has 0 N–H and O–H groups in total. The highest BCUT2D eigenvalue weighted by Crippen LogP contribution is 2.39. The Morgan fingerprint density at radius 3 is 2.62 bits per heavy atom. The summed E-state index contributed by atoms with van der Waals surface area (Å²) < 4.78 is 4.38. The van der Waals surface area contributed by atoms with E-state index < -0.39 is 0 Å². The first-order valence-corrected chi connectivity index (χ1v) is 9.97. The molecule has 1 aliphatic heterocycles. The van der Waals surface area contributed by atoms with Gasteiger partial charge in [0, 0.05) is 30.9 Å². The quantitative estimate of drug-likeness (QED) is 0.715. The highest BCUT2D eigenvalue weighted by Gasteiger charge is 2.33. The molecule has 1 saturated heterocycles. The molecule has 3 heterocycles. The van der Waals surface area contributed by atoms with Crippen molar-refractivity contribution in [3.63, 3.8) is 0 Å². The number of likely N-dealkylation sites (tertiary alicyclic amines) is 1. The van der Waals surface area contributed by atoms with Gasteiger partial charge in [0.1, 0.15) is 12.4 Å².